The highest BCUT2D eigenvalue weighted by atomic mass is 19.4. The number of rotatable bonds is 3. The molecule has 2 aromatic heterocycles. The molecular formula is C16H11F6N3O. The lowest BCUT2D eigenvalue weighted by atomic mass is 10.2. The maximum Gasteiger partial charge on any atom is 0.422 e. The van der Waals surface area contributed by atoms with Gasteiger partial charge in [-0.3, -0.25) is 4.98 Å². The monoisotopic (exact) mass is 375 g/mol. The van der Waals surface area contributed by atoms with Crippen LogP contribution in [0.3, 0.4) is 0 Å². The lowest BCUT2D eigenvalue weighted by Crippen LogP contribution is -2.19. The fourth-order valence-corrected chi connectivity index (χ4v) is 2.46. The molecule has 0 unspecified atom stereocenters. The van der Waals surface area contributed by atoms with Gasteiger partial charge in [-0.2, -0.15) is 26.3 Å². The summed E-state index contributed by atoms with van der Waals surface area (Å²) in [5.74, 6) is -0.00169. The van der Waals surface area contributed by atoms with Crippen molar-refractivity contribution in [2.75, 3.05) is 6.61 Å². The van der Waals surface area contributed by atoms with E-state index in [2.05, 4.69) is 9.97 Å². The molecule has 3 rings (SSSR count). The van der Waals surface area contributed by atoms with Gasteiger partial charge in [0.15, 0.2) is 6.61 Å². The fraction of sp³-hybridized carbons (Fsp3) is 0.250. The summed E-state index contributed by atoms with van der Waals surface area (Å²) in [7, 11) is 1.55. The zero-order chi connectivity index (χ0) is 19.1. The van der Waals surface area contributed by atoms with E-state index in [-0.39, 0.29) is 22.7 Å². The molecule has 0 atom stereocenters. The van der Waals surface area contributed by atoms with Crippen molar-refractivity contribution in [3.8, 4) is 17.1 Å². The average Bonchev–Trinajstić information content (AvgIpc) is 2.88. The Labute approximate surface area is 143 Å². The molecular weight excluding hydrogens is 364 g/mol. The summed E-state index contributed by atoms with van der Waals surface area (Å²) in [5, 5.41) is 0. The number of imidazole rings is 1. The van der Waals surface area contributed by atoms with Gasteiger partial charge >= 0.3 is 12.4 Å². The highest BCUT2D eigenvalue weighted by Crippen LogP contribution is 2.34. The summed E-state index contributed by atoms with van der Waals surface area (Å²) in [6.45, 7) is -1.52. The summed E-state index contributed by atoms with van der Waals surface area (Å²) < 4.78 is 82.0. The van der Waals surface area contributed by atoms with Crippen molar-refractivity contribution in [2.45, 2.75) is 12.4 Å². The second-order valence-corrected chi connectivity index (χ2v) is 5.47. The van der Waals surface area contributed by atoms with Crippen LogP contribution in [0.15, 0.2) is 36.7 Å². The van der Waals surface area contributed by atoms with Gasteiger partial charge in [-0.05, 0) is 24.3 Å². The van der Waals surface area contributed by atoms with Crippen LogP contribution in [0.5, 0.6) is 5.75 Å². The minimum Gasteiger partial charge on any atom is -0.482 e. The Hall–Kier alpha value is -2.78. The molecule has 1 aromatic carbocycles. The third-order valence-electron chi connectivity index (χ3n) is 3.62. The van der Waals surface area contributed by atoms with Gasteiger partial charge in [0, 0.05) is 13.2 Å². The molecule has 0 saturated carbocycles. The lowest BCUT2D eigenvalue weighted by Gasteiger charge is -2.12. The molecule has 0 amide bonds. The maximum absolute atomic E-state index is 12.9. The molecule has 0 spiro atoms. The first-order valence-electron chi connectivity index (χ1n) is 7.24. The number of pyridine rings is 1. The second kappa shape index (κ2) is 6.19. The zero-order valence-corrected chi connectivity index (χ0v) is 13.2. The molecule has 0 N–H and O–H groups in total. The van der Waals surface area contributed by atoms with E-state index in [0.717, 1.165) is 18.3 Å². The van der Waals surface area contributed by atoms with Crippen LogP contribution in [0.4, 0.5) is 26.3 Å². The van der Waals surface area contributed by atoms with E-state index in [1.165, 1.54) is 22.9 Å². The number of nitrogens with zero attached hydrogens (tertiary/aromatic N) is 3. The number of halogens is 6. The predicted octanol–water partition coefficient (Wildman–Crippen LogP) is 4.60. The molecule has 0 radical (unpaired) electrons. The normalized spacial score (nSPS) is 12.6. The third kappa shape index (κ3) is 3.58. The summed E-state index contributed by atoms with van der Waals surface area (Å²) in [5.41, 5.74) is -0.211. The molecule has 0 aliphatic heterocycles. The van der Waals surface area contributed by atoms with Gasteiger partial charge in [0.25, 0.3) is 0 Å². The standard InChI is InChI=1S/C16H11F6N3O/c1-25-12-3-2-9(16(20,21)22)6-11(12)24-14(25)10-4-5-23-7-13(10)26-8-15(17,18)19/h2-7H,8H2,1H3. The Morgan fingerprint density at radius 3 is 2.46 bits per heavy atom. The zero-order valence-electron chi connectivity index (χ0n) is 13.2. The second-order valence-electron chi connectivity index (χ2n) is 5.47. The van der Waals surface area contributed by atoms with E-state index < -0.39 is 24.5 Å². The molecule has 3 aromatic rings. The predicted molar refractivity (Wildman–Crippen MR) is 80.5 cm³/mol. The van der Waals surface area contributed by atoms with Crippen LogP contribution in [-0.2, 0) is 13.2 Å². The van der Waals surface area contributed by atoms with E-state index >= 15 is 0 Å². The molecule has 0 saturated heterocycles. The third-order valence-corrected chi connectivity index (χ3v) is 3.62. The van der Waals surface area contributed by atoms with Crippen LogP contribution in [-0.4, -0.2) is 27.3 Å². The minimum atomic E-state index is -4.54. The van der Waals surface area contributed by atoms with E-state index in [1.54, 1.807) is 7.05 Å². The quantitative estimate of drug-likeness (QED) is 0.629. The van der Waals surface area contributed by atoms with Gasteiger partial charge in [-0.15, -0.1) is 0 Å². The van der Waals surface area contributed by atoms with Crippen molar-refractivity contribution in [3.63, 3.8) is 0 Å². The van der Waals surface area contributed by atoms with Crippen molar-refractivity contribution >= 4 is 11.0 Å². The van der Waals surface area contributed by atoms with Gasteiger partial charge < -0.3 is 9.30 Å². The van der Waals surface area contributed by atoms with Gasteiger partial charge in [0.2, 0.25) is 0 Å². The molecule has 2 heterocycles. The fourth-order valence-electron chi connectivity index (χ4n) is 2.46. The van der Waals surface area contributed by atoms with Gasteiger partial charge in [0.1, 0.15) is 11.6 Å². The largest absolute Gasteiger partial charge is 0.482 e. The summed E-state index contributed by atoms with van der Waals surface area (Å²) in [4.78, 5) is 7.86. The highest BCUT2D eigenvalue weighted by molar-refractivity contribution is 5.82. The number of hydrogen-bond donors (Lipinski definition) is 0. The number of ether oxygens (including phenoxy) is 1. The Morgan fingerprint density at radius 2 is 1.81 bits per heavy atom. The van der Waals surface area contributed by atoms with Crippen molar-refractivity contribution in [3.05, 3.63) is 42.2 Å². The van der Waals surface area contributed by atoms with Crippen LogP contribution in [0.1, 0.15) is 5.56 Å². The Balaban J connectivity index is 2.07. The van der Waals surface area contributed by atoms with E-state index in [4.69, 9.17) is 4.74 Å². The van der Waals surface area contributed by atoms with Crippen molar-refractivity contribution in [2.24, 2.45) is 7.05 Å². The summed E-state index contributed by atoms with van der Waals surface area (Å²) in [6, 6.07) is 4.45. The number of aromatic nitrogens is 3. The van der Waals surface area contributed by atoms with E-state index in [1.807, 2.05) is 0 Å². The summed E-state index contributed by atoms with van der Waals surface area (Å²) >= 11 is 0. The van der Waals surface area contributed by atoms with E-state index in [9.17, 15) is 26.3 Å². The Kier molecular flexibility index (Phi) is 4.29. The molecule has 0 bridgehead atoms. The smallest absolute Gasteiger partial charge is 0.422 e. The van der Waals surface area contributed by atoms with Crippen LogP contribution in [0, 0.1) is 0 Å². The molecule has 4 nitrogen and oxygen atoms in total. The molecule has 10 heteroatoms. The van der Waals surface area contributed by atoms with Gasteiger partial charge in [-0.25, -0.2) is 4.98 Å². The minimum absolute atomic E-state index is 0.0657. The maximum atomic E-state index is 12.9. The van der Waals surface area contributed by atoms with Crippen molar-refractivity contribution in [1.82, 2.24) is 14.5 Å². The number of alkyl halides is 6. The Morgan fingerprint density at radius 1 is 1.08 bits per heavy atom. The number of hydrogen-bond acceptors (Lipinski definition) is 3. The van der Waals surface area contributed by atoms with Gasteiger partial charge in [-0.1, -0.05) is 0 Å². The first-order chi connectivity index (χ1) is 12.1. The molecule has 0 aliphatic rings. The number of benzene rings is 1. The number of aryl methyl sites for hydroxylation is 1. The van der Waals surface area contributed by atoms with E-state index in [0.29, 0.717) is 5.52 Å². The molecule has 26 heavy (non-hydrogen) atoms. The summed E-state index contributed by atoms with van der Waals surface area (Å²) in [6.07, 6.45) is -6.64. The number of fused-ring (bicyclic) bond motifs is 1. The van der Waals surface area contributed by atoms with Crippen LogP contribution >= 0.6 is 0 Å². The molecule has 138 valence electrons. The van der Waals surface area contributed by atoms with Crippen LogP contribution in [0.2, 0.25) is 0 Å². The average molecular weight is 375 g/mol. The molecule has 0 fully saturated rings. The first kappa shape index (κ1) is 18.0. The highest BCUT2D eigenvalue weighted by Gasteiger charge is 2.31. The van der Waals surface area contributed by atoms with Crippen molar-refractivity contribution in [1.29, 1.82) is 0 Å². The van der Waals surface area contributed by atoms with Crippen LogP contribution in [0.25, 0.3) is 22.4 Å². The van der Waals surface area contributed by atoms with Gasteiger partial charge in [0.05, 0.1) is 28.4 Å². The Bertz CT molecular complexity index is 945. The topological polar surface area (TPSA) is 39.9 Å². The van der Waals surface area contributed by atoms with Crippen molar-refractivity contribution < 1.29 is 31.1 Å². The first-order valence-corrected chi connectivity index (χ1v) is 7.24. The molecule has 0 aliphatic carbocycles. The lowest BCUT2D eigenvalue weighted by molar-refractivity contribution is -0.153. The SMILES string of the molecule is Cn1c(-c2ccncc2OCC(F)(F)F)nc2cc(C(F)(F)F)ccc21. The van der Waals surface area contributed by atoms with Crippen LogP contribution < -0.4 is 4.74 Å².